The van der Waals surface area contributed by atoms with Crippen molar-refractivity contribution in [3.63, 3.8) is 0 Å². The van der Waals surface area contributed by atoms with Gasteiger partial charge in [-0.3, -0.25) is 9.59 Å². The van der Waals surface area contributed by atoms with Crippen LogP contribution in [0.25, 0.3) is 0 Å². The molecule has 0 saturated heterocycles. The van der Waals surface area contributed by atoms with Gasteiger partial charge in [0.25, 0.3) is 5.91 Å². The quantitative estimate of drug-likeness (QED) is 0.736. The van der Waals surface area contributed by atoms with Crippen LogP contribution in [0.5, 0.6) is 11.5 Å². The molecule has 0 bridgehead atoms. The average Bonchev–Trinajstić information content (AvgIpc) is 2.66. The van der Waals surface area contributed by atoms with Gasteiger partial charge in [-0.1, -0.05) is 31.2 Å². The Balaban J connectivity index is 1.94. The fourth-order valence-corrected chi connectivity index (χ4v) is 2.61. The van der Waals surface area contributed by atoms with Crippen LogP contribution < -0.4 is 14.8 Å². The molecular formula is C21H26N2O4. The molecule has 0 radical (unpaired) electrons. The lowest BCUT2D eigenvalue weighted by atomic mass is 10.2. The van der Waals surface area contributed by atoms with Crippen LogP contribution >= 0.6 is 0 Å². The SMILES string of the molecule is CCCN(CC(=O)Nc1ccccc1OC)C(=O)COc1cccc(C)c1. The van der Waals surface area contributed by atoms with Crippen LogP contribution in [0.4, 0.5) is 5.69 Å². The Morgan fingerprint density at radius 3 is 2.59 bits per heavy atom. The van der Waals surface area contributed by atoms with Gasteiger partial charge in [-0.2, -0.15) is 0 Å². The molecule has 2 aromatic carbocycles. The van der Waals surface area contributed by atoms with Gasteiger partial charge in [0, 0.05) is 6.54 Å². The smallest absolute Gasteiger partial charge is 0.260 e. The Morgan fingerprint density at radius 2 is 1.89 bits per heavy atom. The van der Waals surface area contributed by atoms with Gasteiger partial charge in [0.2, 0.25) is 5.91 Å². The molecule has 2 amide bonds. The normalized spacial score (nSPS) is 10.2. The number of rotatable bonds is 9. The minimum atomic E-state index is -0.281. The first-order valence-electron chi connectivity index (χ1n) is 8.93. The van der Waals surface area contributed by atoms with E-state index >= 15 is 0 Å². The fourth-order valence-electron chi connectivity index (χ4n) is 2.61. The lowest BCUT2D eigenvalue weighted by Gasteiger charge is -2.22. The van der Waals surface area contributed by atoms with Crippen molar-refractivity contribution in [2.45, 2.75) is 20.3 Å². The highest BCUT2D eigenvalue weighted by Gasteiger charge is 2.18. The minimum Gasteiger partial charge on any atom is -0.495 e. The zero-order chi connectivity index (χ0) is 19.6. The third-order valence-electron chi connectivity index (χ3n) is 3.91. The Bertz CT molecular complexity index is 776. The lowest BCUT2D eigenvalue weighted by molar-refractivity contribution is -0.136. The van der Waals surface area contributed by atoms with E-state index in [0.29, 0.717) is 23.7 Å². The van der Waals surface area contributed by atoms with Crippen molar-refractivity contribution >= 4 is 17.5 Å². The van der Waals surface area contributed by atoms with Gasteiger partial charge >= 0.3 is 0 Å². The van der Waals surface area contributed by atoms with E-state index in [1.807, 2.05) is 44.2 Å². The molecule has 0 heterocycles. The van der Waals surface area contributed by atoms with Crippen LogP contribution in [0.3, 0.4) is 0 Å². The third-order valence-corrected chi connectivity index (χ3v) is 3.91. The summed E-state index contributed by atoms with van der Waals surface area (Å²) in [5.41, 5.74) is 1.63. The van der Waals surface area contributed by atoms with Crippen LogP contribution in [0, 0.1) is 6.92 Å². The summed E-state index contributed by atoms with van der Waals surface area (Å²) in [6.07, 6.45) is 0.748. The van der Waals surface area contributed by atoms with Gasteiger partial charge in [-0.15, -0.1) is 0 Å². The molecule has 6 heteroatoms. The summed E-state index contributed by atoms with van der Waals surface area (Å²) in [6.45, 7) is 4.25. The average molecular weight is 370 g/mol. The number of carbonyl (C=O) groups excluding carboxylic acids is 2. The van der Waals surface area contributed by atoms with Gasteiger partial charge in [-0.05, 0) is 43.2 Å². The Hall–Kier alpha value is -3.02. The first-order chi connectivity index (χ1) is 13.0. The monoisotopic (exact) mass is 370 g/mol. The molecule has 0 atom stereocenters. The number of amides is 2. The molecule has 27 heavy (non-hydrogen) atoms. The number of aryl methyl sites for hydroxylation is 1. The molecule has 0 aliphatic rings. The van der Waals surface area contributed by atoms with Gasteiger partial charge in [0.05, 0.1) is 19.3 Å². The van der Waals surface area contributed by atoms with E-state index in [2.05, 4.69) is 5.32 Å². The van der Waals surface area contributed by atoms with E-state index in [-0.39, 0.29) is 25.0 Å². The van der Waals surface area contributed by atoms with Crippen LogP contribution in [0.1, 0.15) is 18.9 Å². The van der Waals surface area contributed by atoms with Crippen LogP contribution in [0.2, 0.25) is 0 Å². The van der Waals surface area contributed by atoms with Crippen molar-refractivity contribution in [1.29, 1.82) is 0 Å². The summed E-state index contributed by atoms with van der Waals surface area (Å²) in [5, 5.41) is 2.79. The summed E-state index contributed by atoms with van der Waals surface area (Å²) in [4.78, 5) is 26.4. The molecule has 0 aliphatic carbocycles. The summed E-state index contributed by atoms with van der Waals surface area (Å²) in [7, 11) is 1.54. The maximum Gasteiger partial charge on any atom is 0.260 e. The summed E-state index contributed by atoms with van der Waals surface area (Å²) in [6, 6.07) is 14.7. The first-order valence-corrected chi connectivity index (χ1v) is 8.93. The Kier molecular flexibility index (Phi) is 7.67. The first kappa shape index (κ1) is 20.3. The number of benzene rings is 2. The summed E-state index contributed by atoms with van der Waals surface area (Å²) >= 11 is 0. The van der Waals surface area contributed by atoms with Gasteiger partial charge in [-0.25, -0.2) is 0 Å². The number of ether oxygens (including phenoxy) is 2. The second kappa shape index (κ2) is 10.2. The van der Waals surface area contributed by atoms with Crippen molar-refractivity contribution < 1.29 is 19.1 Å². The molecule has 0 aliphatic heterocycles. The highest BCUT2D eigenvalue weighted by Crippen LogP contribution is 2.22. The lowest BCUT2D eigenvalue weighted by Crippen LogP contribution is -2.41. The number of nitrogens with one attached hydrogen (secondary N) is 1. The van der Waals surface area contributed by atoms with E-state index in [4.69, 9.17) is 9.47 Å². The number of anilines is 1. The number of carbonyl (C=O) groups is 2. The highest BCUT2D eigenvalue weighted by atomic mass is 16.5. The Morgan fingerprint density at radius 1 is 1.11 bits per heavy atom. The van der Waals surface area contributed by atoms with Crippen molar-refractivity contribution in [2.24, 2.45) is 0 Å². The van der Waals surface area contributed by atoms with Gasteiger partial charge < -0.3 is 19.7 Å². The van der Waals surface area contributed by atoms with Crippen molar-refractivity contribution in [2.75, 3.05) is 32.1 Å². The number of hydrogen-bond donors (Lipinski definition) is 1. The second-order valence-corrected chi connectivity index (χ2v) is 6.17. The van der Waals surface area contributed by atoms with Crippen LogP contribution in [-0.2, 0) is 9.59 Å². The maximum absolute atomic E-state index is 12.5. The predicted octanol–water partition coefficient (Wildman–Crippen LogP) is 3.26. The van der Waals surface area contributed by atoms with E-state index < -0.39 is 0 Å². The molecule has 0 spiro atoms. The summed E-state index contributed by atoms with van der Waals surface area (Å²) in [5.74, 6) is 0.700. The van der Waals surface area contributed by atoms with Crippen molar-refractivity contribution in [1.82, 2.24) is 4.90 Å². The number of nitrogens with zero attached hydrogens (tertiary/aromatic N) is 1. The molecule has 144 valence electrons. The molecule has 0 saturated carbocycles. The number of methoxy groups -OCH3 is 1. The Labute approximate surface area is 160 Å². The topological polar surface area (TPSA) is 67.9 Å². The van der Waals surface area contributed by atoms with Gasteiger partial charge in [0.15, 0.2) is 6.61 Å². The zero-order valence-electron chi connectivity index (χ0n) is 16.0. The molecule has 0 fully saturated rings. The molecule has 2 aromatic rings. The van der Waals surface area contributed by atoms with E-state index in [0.717, 1.165) is 12.0 Å². The second-order valence-electron chi connectivity index (χ2n) is 6.17. The van der Waals surface area contributed by atoms with Crippen molar-refractivity contribution in [3.8, 4) is 11.5 Å². The molecule has 1 N–H and O–H groups in total. The summed E-state index contributed by atoms with van der Waals surface area (Å²) < 4.78 is 10.8. The molecule has 0 aromatic heterocycles. The fraction of sp³-hybridized carbons (Fsp3) is 0.333. The van der Waals surface area contributed by atoms with Crippen LogP contribution in [0.15, 0.2) is 48.5 Å². The standard InChI is InChI=1S/C21H26N2O4/c1-4-12-23(21(25)15-27-17-9-7-8-16(2)13-17)14-20(24)22-18-10-5-6-11-19(18)26-3/h5-11,13H,4,12,14-15H2,1-3H3,(H,22,24). The predicted molar refractivity (Wildman–Crippen MR) is 105 cm³/mol. The molecular weight excluding hydrogens is 344 g/mol. The largest absolute Gasteiger partial charge is 0.495 e. The maximum atomic E-state index is 12.5. The number of hydrogen-bond acceptors (Lipinski definition) is 4. The van der Waals surface area contributed by atoms with Crippen LogP contribution in [-0.4, -0.2) is 43.5 Å². The van der Waals surface area contributed by atoms with Gasteiger partial charge in [0.1, 0.15) is 11.5 Å². The molecule has 6 nitrogen and oxygen atoms in total. The zero-order valence-corrected chi connectivity index (χ0v) is 16.0. The number of para-hydroxylation sites is 2. The van der Waals surface area contributed by atoms with E-state index in [1.165, 1.54) is 4.90 Å². The highest BCUT2D eigenvalue weighted by molar-refractivity contribution is 5.95. The minimum absolute atomic E-state index is 0.0398. The van der Waals surface area contributed by atoms with E-state index in [1.54, 1.807) is 25.3 Å². The van der Waals surface area contributed by atoms with E-state index in [9.17, 15) is 9.59 Å². The van der Waals surface area contributed by atoms with Crippen molar-refractivity contribution in [3.05, 3.63) is 54.1 Å². The molecule has 2 rings (SSSR count). The third kappa shape index (κ3) is 6.33. The molecule has 0 unspecified atom stereocenters.